The fourth-order valence-corrected chi connectivity index (χ4v) is 9.35. The molecule has 330 valence electrons. The Morgan fingerprint density at radius 1 is 0.578 bits per heavy atom. The molecule has 0 aliphatic carbocycles. The maximum absolute atomic E-state index is 6.81. The Kier molecular flexibility index (Phi) is 11.6. The molecule has 0 saturated carbocycles. The summed E-state index contributed by atoms with van der Waals surface area (Å²) in [5.74, 6) is 3.65. The lowest BCUT2D eigenvalue weighted by molar-refractivity contribution is -0.611. The first-order valence-corrected chi connectivity index (χ1v) is 23.3. The van der Waals surface area contributed by atoms with Gasteiger partial charge < -0.3 is 4.74 Å². The first kappa shape index (κ1) is 44.7. The van der Waals surface area contributed by atoms with Gasteiger partial charge in [-0.2, -0.15) is 0 Å². The lowest BCUT2D eigenvalue weighted by atomic mass is 9.81. The molecule has 3 aromatic heterocycles. The third kappa shape index (κ3) is 8.42. The van der Waals surface area contributed by atoms with Gasteiger partial charge in [-0.1, -0.05) is 152 Å². The minimum Gasteiger partial charge on any atom is -0.458 e. The summed E-state index contributed by atoms with van der Waals surface area (Å²) >= 11 is 0. The Bertz CT molecular complexity index is 2980. The van der Waals surface area contributed by atoms with Crippen molar-refractivity contribution in [1.29, 1.82) is 0 Å². The number of nitrogens with zero attached hydrogens (tertiary/aromatic N) is 4. The summed E-state index contributed by atoms with van der Waals surface area (Å²) in [6, 6.07) is 41.8. The molecule has 0 saturated heterocycles. The van der Waals surface area contributed by atoms with Gasteiger partial charge in [0.1, 0.15) is 17.3 Å². The molecule has 0 aliphatic heterocycles. The maximum Gasteiger partial charge on any atom is 0.269 e. The molecule has 0 atom stereocenters. The molecule has 0 amide bonds. The van der Waals surface area contributed by atoms with E-state index in [0.717, 1.165) is 45.1 Å². The highest BCUT2D eigenvalue weighted by Crippen LogP contribution is 2.41. The van der Waals surface area contributed by atoms with Crippen molar-refractivity contribution < 1.29 is 9.30 Å². The van der Waals surface area contributed by atoms with Crippen molar-refractivity contribution in [3.8, 4) is 39.8 Å². The molecule has 5 nitrogen and oxygen atoms in total. The summed E-state index contributed by atoms with van der Waals surface area (Å²) < 4.78 is 13.7. The molecule has 5 heteroatoms. The predicted molar refractivity (Wildman–Crippen MR) is 269 cm³/mol. The average molecular weight is 849 g/mol. The molecule has 0 fully saturated rings. The first-order chi connectivity index (χ1) is 30.1. The fraction of sp³-hybridized carbons (Fsp3) is 0.356. The van der Waals surface area contributed by atoms with Crippen LogP contribution in [0.1, 0.15) is 155 Å². The molecule has 0 N–H and O–H groups in total. The van der Waals surface area contributed by atoms with E-state index >= 15 is 0 Å². The van der Waals surface area contributed by atoms with Crippen LogP contribution in [-0.2, 0) is 16.2 Å². The van der Waals surface area contributed by atoms with Crippen LogP contribution in [0, 0.1) is 6.33 Å². The molecule has 8 rings (SSSR count). The predicted octanol–water partition coefficient (Wildman–Crippen LogP) is 15.8. The van der Waals surface area contributed by atoms with E-state index in [2.05, 4.69) is 233 Å². The topological polar surface area (TPSA) is 35.9 Å². The smallest absolute Gasteiger partial charge is 0.269 e. The maximum atomic E-state index is 6.81. The Labute approximate surface area is 382 Å². The number of aromatic nitrogens is 4. The van der Waals surface area contributed by atoms with Gasteiger partial charge in [0.05, 0.1) is 33.8 Å². The lowest BCUT2D eigenvalue weighted by Crippen LogP contribution is -2.40. The second-order valence-electron chi connectivity index (χ2n) is 21.8. The minimum atomic E-state index is -0.210. The zero-order chi connectivity index (χ0) is 46.0. The van der Waals surface area contributed by atoms with Gasteiger partial charge in [-0.25, -0.2) is 4.98 Å². The Balaban J connectivity index is 1.25. The number of ether oxygens (including phenoxy) is 1. The SMILES string of the molecule is CC(C)c1cc(C(C)C)c(-c2cccc(-[n+]3[c-]n(-c4cccc(Oc5ccc6c7ccccc7n(-c7cc(C(C)(C)C)ccn7)c6c5)c4)c(C(C)(C)C)c3C(C)(C)C)c2)c(C(C)C)c1. The van der Waals surface area contributed by atoms with Gasteiger partial charge in [-0.15, -0.1) is 0 Å². The first-order valence-electron chi connectivity index (χ1n) is 23.3. The number of hydrogen-bond acceptors (Lipinski definition) is 2. The van der Waals surface area contributed by atoms with Crippen LogP contribution in [0.3, 0.4) is 0 Å². The summed E-state index contributed by atoms with van der Waals surface area (Å²) in [6.45, 7) is 34.5. The van der Waals surface area contributed by atoms with Gasteiger partial charge in [0.25, 0.3) is 6.33 Å². The van der Waals surface area contributed by atoms with Crippen molar-refractivity contribution in [2.75, 3.05) is 0 Å². The van der Waals surface area contributed by atoms with Crippen molar-refractivity contribution in [2.24, 2.45) is 0 Å². The summed E-state index contributed by atoms with van der Waals surface area (Å²) in [4.78, 5) is 4.89. The number of hydrogen-bond donors (Lipinski definition) is 0. The second-order valence-corrected chi connectivity index (χ2v) is 21.8. The molecule has 0 bridgehead atoms. The largest absolute Gasteiger partial charge is 0.458 e. The van der Waals surface area contributed by atoms with Gasteiger partial charge in [-0.05, 0) is 128 Å². The number of imidazole rings is 1. The molecule has 8 aromatic rings. The molecule has 3 heterocycles. The molecular formula is C59H68N4O. The third-order valence-electron chi connectivity index (χ3n) is 12.6. The number of para-hydroxylation sites is 1. The van der Waals surface area contributed by atoms with Crippen molar-refractivity contribution in [3.05, 3.63) is 161 Å². The summed E-state index contributed by atoms with van der Waals surface area (Å²) in [6.07, 6.45) is 5.84. The average Bonchev–Trinajstić information content (AvgIpc) is 3.81. The second kappa shape index (κ2) is 16.6. The van der Waals surface area contributed by atoms with E-state index in [-0.39, 0.29) is 16.2 Å². The van der Waals surface area contributed by atoms with E-state index in [9.17, 15) is 0 Å². The van der Waals surface area contributed by atoms with Gasteiger partial charge in [-0.3, -0.25) is 13.7 Å². The number of benzene rings is 5. The summed E-state index contributed by atoms with van der Waals surface area (Å²) in [5.41, 5.74) is 14.4. The van der Waals surface area contributed by atoms with Gasteiger partial charge >= 0.3 is 0 Å². The van der Waals surface area contributed by atoms with Crippen LogP contribution >= 0.6 is 0 Å². The molecule has 0 aliphatic rings. The third-order valence-corrected chi connectivity index (χ3v) is 12.6. The quantitative estimate of drug-likeness (QED) is 0.107. The van der Waals surface area contributed by atoms with Gasteiger partial charge in [0, 0.05) is 23.0 Å². The molecule has 0 unspecified atom stereocenters. The van der Waals surface area contributed by atoms with Crippen LogP contribution in [0.2, 0.25) is 0 Å². The van der Waals surface area contributed by atoms with Crippen molar-refractivity contribution in [2.45, 2.75) is 138 Å². The molecule has 5 aromatic carbocycles. The fourth-order valence-electron chi connectivity index (χ4n) is 9.35. The zero-order valence-electron chi connectivity index (χ0n) is 41.0. The van der Waals surface area contributed by atoms with Crippen LogP contribution in [-0.4, -0.2) is 14.1 Å². The van der Waals surface area contributed by atoms with Crippen molar-refractivity contribution in [1.82, 2.24) is 14.1 Å². The van der Waals surface area contributed by atoms with E-state index in [1.807, 2.05) is 12.3 Å². The Morgan fingerprint density at radius 3 is 1.88 bits per heavy atom. The summed E-state index contributed by atoms with van der Waals surface area (Å²) in [7, 11) is 0. The van der Waals surface area contributed by atoms with Crippen LogP contribution in [0.25, 0.3) is 50.1 Å². The van der Waals surface area contributed by atoms with Gasteiger partial charge in [0.15, 0.2) is 0 Å². The van der Waals surface area contributed by atoms with E-state index in [1.165, 1.54) is 50.2 Å². The normalized spacial score (nSPS) is 12.7. The van der Waals surface area contributed by atoms with Crippen molar-refractivity contribution >= 4 is 21.8 Å². The molecule has 64 heavy (non-hydrogen) atoms. The van der Waals surface area contributed by atoms with Gasteiger partial charge in [0.2, 0.25) is 0 Å². The van der Waals surface area contributed by atoms with E-state index in [4.69, 9.17) is 9.72 Å². The Morgan fingerprint density at radius 2 is 1.23 bits per heavy atom. The minimum absolute atomic E-state index is 0.00812. The highest BCUT2D eigenvalue weighted by atomic mass is 16.5. The number of rotatable bonds is 9. The Hall–Kier alpha value is -5.94. The zero-order valence-corrected chi connectivity index (χ0v) is 41.0. The monoisotopic (exact) mass is 849 g/mol. The van der Waals surface area contributed by atoms with E-state index < -0.39 is 0 Å². The lowest BCUT2D eigenvalue weighted by Gasteiger charge is -2.30. The molecule has 0 spiro atoms. The highest BCUT2D eigenvalue weighted by Gasteiger charge is 2.34. The van der Waals surface area contributed by atoms with Crippen LogP contribution in [0.4, 0.5) is 0 Å². The number of fused-ring (bicyclic) bond motifs is 3. The van der Waals surface area contributed by atoms with Crippen LogP contribution in [0.15, 0.2) is 121 Å². The number of pyridine rings is 1. The molecule has 0 radical (unpaired) electrons. The van der Waals surface area contributed by atoms with E-state index in [0.29, 0.717) is 17.8 Å². The molecular weight excluding hydrogens is 781 g/mol. The van der Waals surface area contributed by atoms with Crippen LogP contribution < -0.4 is 9.30 Å². The van der Waals surface area contributed by atoms with Crippen molar-refractivity contribution in [3.63, 3.8) is 0 Å². The highest BCUT2D eigenvalue weighted by molar-refractivity contribution is 6.09. The van der Waals surface area contributed by atoms with Crippen LogP contribution in [0.5, 0.6) is 11.5 Å². The summed E-state index contributed by atoms with van der Waals surface area (Å²) in [5, 5.41) is 2.35. The van der Waals surface area contributed by atoms with E-state index in [1.54, 1.807) is 0 Å². The standard InChI is InChI=1S/C59H68N4O/c1-37(2)41-31-49(38(3)4)54(50(32-41)39(5)6)40-20-18-21-43(30-40)61-36-62(56(59(13,14)15)55(61)58(10,11)12)44-22-19-23-45(34-44)64-46-26-27-48-47-24-16-17-25-51(47)63(52(48)35-46)53-33-42(28-29-60-53)57(7,8)9/h16-35,37-39H,1-15H3.